The molecule has 0 atom stereocenters. The summed E-state index contributed by atoms with van der Waals surface area (Å²) in [4.78, 5) is 50.5. The highest BCUT2D eigenvalue weighted by atomic mass is 35.5. The summed E-state index contributed by atoms with van der Waals surface area (Å²) in [7, 11) is 0. The molecule has 0 radical (unpaired) electrons. The second-order valence-electron chi connectivity index (χ2n) is 6.97. The van der Waals surface area contributed by atoms with Crippen LogP contribution >= 0.6 is 23.2 Å². The van der Waals surface area contributed by atoms with Crippen molar-refractivity contribution in [1.29, 1.82) is 0 Å². The summed E-state index contributed by atoms with van der Waals surface area (Å²) in [6, 6.07) is 8.69. The summed E-state index contributed by atoms with van der Waals surface area (Å²) in [6.45, 7) is 3.82. The van der Waals surface area contributed by atoms with Gasteiger partial charge in [-0.3, -0.25) is 24.1 Å². The summed E-state index contributed by atoms with van der Waals surface area (Å²) in [5, 5.41) is 5.96. The van der Waals surface area contributed by atoms with Crippen molar-refractivity contribution in [1.82, 2.24) is 15.5 Å². The lowest BCUT2D eigenvalue weighted by molar-refractivity contribution is 0.0608. The standard InChI is InChI=1S/C21H19Cl2N3O4/c1-11(2)26-20(29)14-5-3-12(9-15(14)21(26)30)18(27)24-7-8-25-19(28)16-10-13(22)4-6-17(16)23/h3-6,9-11H,7-8H2,1-2H3,(H,24,27)(H,25,28). The van der Waals surface area contributed by atoms with Crippen LogP contribution in [0.15, 0.2) is 36.4 Å². The van der Waals surface area contributed by atoms with Crippen LogP contribution in [0.2, 0.25) is 10.0 Å². The van der Waals surface area contributed by atoms with Gasteiger partial charge in [-0.2, -0.15) is 0 Å². The smallest absolute Gasteiger partial charge is 0.261 e. The summed E-state index contributed by atoms with van der Waals surface area (Å²) in [6.07, 6.45) is 0. The minimum atomic E-state index is -0.420. The topological polar surface area (TPSA) is 95.6 Å². The zero-order chi connectivity index (χ0) is 22.0. The van der Waals surface area contributed by atoms with Crippen molar-refractivity contribution in [2.24, 2.45) is 0 Å². The minimum Gasteiger partial charge on any atom is -0.350 e. The van der Waals surface area contributed by atoms with Crippen molar-refractivity contribution in [3.63, 3.8) is 0 Å². The zero-order valence-electron chi connectivity index (χ0n) is 16.3. The number of imide groups is 1. The fraction of sp³-hybridized carbons (Fsp3) is 0.238. The summed E-state index contributed by atoms with van der Waals surface area (Å²) in [5.74, 6) is -1.60. The number of hydrogen-bond donors (Lipinski definition) is 2. The molecule has 7 nitrogen and oxygen atoms in total. The highest BCUT2D eigenvalue weighted by molar-refractivity contribution is 6.35. The fourth-order valence-corrected chi connectivity index (χ4v) is 3.47. The van der Waals surface area contributed by atoms with Crippen LogP contribution in [-0.2, 0) is 0 Å². The van der Waals surface area contributed by atoms with Gasteiger partial charge in [0, 0.05) is 29.7 Å². The SMILES string of the molecule is CC(C)N1C(=O)c2ccc(C(=O)NCCNC(=O)c3cc(Cl)ccc3Cl)cc2C1=O. The van der Waals surface area contributed by atoms with E-state index in [1.165, 1.54) is 35.2 Å². The van der Waals surface area contributed by atoms with E-state index in [0.29, 0.717) is 5.02 Å². The largest absolute Gasteiger partial charge is 0.350 e. The van der Waals surface area contributed by atoms with Crippen LogP contribution in [0.5, 0.6) is 0 Å². The van der Waals surface area contributed by atoms with E-state index in [1.54, 1.807) is 19.9 Å². The lowest BCUT2D eigenvalue weighted by Crippen LogP contribution is -2.36. The Labute approximate surface area is 183 Å². The van der Waals surface area contributed by atoms with Gasteiger partial charge in [-0.15, -0.1) is 0 Å². The van der Waals surface area contributed by atoms with Crippen LogP contribution in [0.3, 0.4) is 0 Å². The van der Waals surface area contributed by atoms with Gasteiger partial charge >= 0.3 is 0 Å². The van der Waals surface area contributed by atoms with E-state index in [-0.39, 0.29) is 52.3 Å². The fourth-order valence-electron chi connectivity index (χ4n) is 3.09. The molecule has 30 heavy (non-hydrogen) atoms. The Balaban J connectivity index is 1.58. The Morgan fingerprint density at radius 3 is 2.20 bits per heavy atom. The van der Waals surface area contributed by atoms with Crippen LogP contribution in [0, 0.1) is 0 Å². The molecule has 9 heteroatoms. The molecule has 0 fully saturated rings. The normalized spacial score (nSPS) is 12.9. The molecule has 0 aliphatic carbocycles. The molecule has 3 rings (SSSR count). The first kappa shape index (κ1) is 21.8. The summed E-state index contributed by atoms with van der Waals surface area (Å²) >= 11 is 11.9. The van der Waals surface area contributed by atoms with E-state index < -0.39 is 17.7 Å². The van der Waals surface area contributed by atoms with Crippen molar-refractivity contribution in [3.8, 4) is 0 Å². The van der Waals surface area contributed by atoms with E-state index in [0.717, 1.165) is 0 Å². The van der Waals surface area contributed by atoms with E-state index in [1.807, 2.05) is 0 Å². The molecular formula is C21H19Cl2N3O4. The third-order valence-corrected chi connectivity index (χ3v) is 5.13. The van der Waals surface area contributed by atoms with E-state index in [2.05, 4.69) is 10.6 Å². The van der Waals surface area contributed by atoms with Crippen molar-refractivity contribution in [2.45, 2.75) is 19.9 Å². The molecule has 1 aliphatic rings. The highest BCUT2D eigenvalue weighted by Gasteiger charge is 2.37. The predicted octanol–water partition coefficient (Wildman–Crippen LogP) is 3.16. The van der Waals surface area contributed by atoms with Crippen LogP contribution < -0.4 is 10.6 Å². The number of rotatable bonds is 6. The third-order valence-electron chi connectivity index (χ3n) is 4.57. The van der Waals surface area contributed by atoms with E-state index >= 15 is 0 Å². The quantitative estimate of drug-likeness (QED) is 0.524. The van der Waals surface area contributed by atoms with Gasteiger partial charge in [0.2, 0.25) is 0 Å². The third kappa shape index (κ3) is 4.32. The van der Waals surface area contributed by atoms with Crippen molar-refractivity contribution >= 4 is 46.8 Å². The molecule has 0 saturated heterocycles. The Hall–Kier alpha value is -2.90. The lowest BCUT2D eigenvalue weighted by atomic mass is 10.1. The van der Waals surface area contributed by atoms with Crippen molar-refractivity contribution in [3.05, 3.63) is 68.7 Å². The first-order valence-electron chi connectivity index (χ1n) is 9.24. The first-order valence-corrected chi connectivity index (χ1v) is 9.99. The molecule has 2 aromatic rings. The molecule has 0 unspecified atom stereocenters. The molecule has 1 aliphatic heterocycles. The van der Waals surface area contributed by atoms with Gasteiger partial charge in [0.25, 0.3) is 23.6 Å². The average Bonchev–Trinajstić information content (AvgIpc) is 2.96. The molecular weight excluding hydrogens is 429 g/mol. The molecule has 2 aromatic carbocycles. The van der Waals surface area contributed by atoms with E-state index in [9.17, 15) is 19.2 Å². The number of benzene rings is 2. The molecule has 0 bridgehead atoms. The Morgan fingerprint density at radius 2 is 1.53 bits per heavy atom. The maximum absolute atomic E-state index is 12.5. The van der Waals surface area contributed by atoms with Gasteiger partial charge in [0.05, 0.1) is 21.7 Å². The number of nitrogens with zero attached hydrogens (tertiary/aromatic N) is 1. The maximum Gasteiger partial charge on any atom is 0.261 e. The molecule has 0 aromatic heterocycles. The van der Waals surface area contributed by atoms with Gasteiger partial charge < -0.3 is 10.6 Å². The molecule has 156 valence electrons. The second-order valence-corrected chi connectivity index (χ2v) is 7.81. The Bertz CT molecular complexity index is 1050. The van der Waals surface area contributed by atoms with E-state index in [4.69, 9.17) is 23.2 Å². The number of carbonyl (C=O) groups excluding carboxylic acids is 4. The second kappa shape index (κ2) is 8.85. The number of nitrogens with one attached hydrogen (secondary N) is 2. The predicted molar refractivity (Wildman–Crippen MR) is 113 cm³/mol. The monoisotopic (exact) mass is 447 g/mol. The van der Waals surface area contributed by atoms with Gasteiger partial charge in [-0.05, 0) is 50.2 Å². The maximum atomic E-state index is 12.5. The molecule has 1 heterocycles. The zero-order valence-corrected chi connectivity index (χ0v) is 17.8. The number of carbonyl (C=O) groups is 4. The number of halogens is 2. The van der Waals surface area contributed by atoms with Gasteiger partial charge in [0.15, 0.2) is 0 Å². The Kier molecular flexibility index (Phi) is 6.43. The minimum absolute atomic E-state index is 0.158. The van der Waals surface area contributed by atoms with Gasteiger partial charge in [-0.25, -0.2) is 0 Å². The summed E-state index contributed by atoms with van der Waals surface area (Å²) < 4.78 is 0. The van der Waals surface area contributed by atoms with Crippen LogP contribution in [0.25, 0.3) is 0 Å². The number of amides is 4. The molecule has 4 amide bonds. The first-order chi connectivity index (χ1) is 14.2. The van der Waals surface area contributed by atoms with Crippen LogP contribution in [0.4, 0.5) is 0 Å². The Morgan fingerprint density at radius 1 is 0.900 bits per heavy atom. The highest BCUT2D eigenvalue weighted by Crippen LogP contribution is 2.25. The average molecular weight is 448 g/mol. The van der Waals surface area contributed by atoms with Crippen LogP contribution in [-0.4, -0.2) is 47.7 Å². The summed E-state index contributed by atoms with van der Waals surface area (Å²) in [5.41, 5.74) is 0.998. The molecule has 0 saturated carbocycles. The van der Waals surface area contributed by atoms with Crippen LogP contribution in [0.1, 0.15) is 55.3 Å². The van der Waals surface area contributed by atoms with Gasteiger partial charge in [0.1, 0.15) is 0 Å². The number of fused-ring (bicyclic) bond motifs is 1. The molecule has 2 N–H and O–H groups in total. The van der Waals surface area contributed by atoms with Crippen molar-refractivity contribution in [2.75, 3.05) is 13.1 Å². The number of hydrogen-bond acceptors (Lipinski definition) is 4. The lowest BCUT2D eigenvalue weighted by Gasteiger charge is -2.17. The van der Waals surface area contributed by atoms with Crippen molar-refractivity contribution < 1.29 is 19.2 Å². The van der Waals surface area contributed by atoms with Gasteiger partial charge in [-0.1, -0.05) is 23.2 Å². The molecule has 0 spiro atoms.